The number of allylic oxidation sites excluding steroid dienone is 4. The molecule has 0 saturated heterocycles. The summed E-state index contributed by atoms with van der Waals surface area (Å²) in [5.74, 6) is 1.99. The van der Waals surface area contributed by atoms with E-state index in [9.17, 15) is 0 Å². The molecule has 0 unspecified atom stereocenters. The molecule has 0 spiro atoms. The van der Waals surface area contributed by atoms with Gasteiger partial charge >= 0.3 is 0 Å². The first-order valence-electron chi connectivity index (χ1n) is 8.24. The molecule has 1 aromatic heterocycles. The number of nitrogens with zero attached hydrogens (tertiary/aromatic N) is 3. The minimum Gasteiger partial charge on any atom is -0.208 e. The number of rotatable bonds is 3. The zero-order chi connectivity index (χ0) is 17.1. The summed E-state index contributed by atoms with van der Waals surface area (Å²) in [6.07, 6.45) is 8.47. The molecule has 4 rings (SSSR count). The van der Waals surface area contributed by atoms with Crippen molar-refractivity contribution in [1.82, 2.24) is 15.0 Å². The van der Waals surface area contributed by atoms with Gasteiger partial charge in [0.15, 0.2) is 17.5 Å². The van der Waals surface area contributed by atoms with Crippen molar-refractivity contribution >= 4 is 17.2 Å². The molecule has 0 fully saturated rings. The van der Waals surface area contributed by atoms with E-state index in [1.54, 1.807) is 0 Å². The van der Waals surface area contributed by atoms with Crippen molar-refractivity contribution in [1.29, 1.82) is 0 Å². The Hall–Kier alpha value is -2.78. The van der Waals surface area contributed by atoms with Crippen LogP contribution in [0.3, 0.4) is 0 Å². The predicted octanol–water partition coefficient (Wildman–Crippen LogP) is 5.59. The van der Waals surface area contributed by atoms with Crippen LogP contribution in [-0.2, 0) is 0 Å². The van der Waals surface area contributed by atoms with E-state index < -0.39 is 0 Å². The zero-order valence-corrected chi connectivity index (χ0v) is 14.3. The van der Waals surface area contributed by atoms with Crippen molar-refractivity contribution in [3.8, 4) is 22.8 Å². The normalized spacial score (nSPS) is 13.6. The number of hydrogen-bond acceptors (Lipinski definition) is 3. The average molecular weight is 346 g/mol. The summed E-state index contributed by atoms with van der Waals surface area (Å²) in [5.41, 5.74) is 2.89. The smallest absolute Gasteiger partial charge is 0.164 e. The number of benzene rings is 2. The molecule has 0 bridgehead atoms. The largest absolute Gasteiger partial charge is 0.208 e. The summed E-state index contributed by atoms with van der Waals surface area (Å²) >= 11 is 6.15. The first-order valence-corrected chi connectivity index (χ1v) is 8.62. The van der Waals surface area contributed by atoms with Crippen LogP contribution in [0.2, 0.25) is 5.02 Å². The molecule has 0 saturated carbocycles. The van der Waals surface area contributed by atoms with Crippen molar-refractivity contribution in [3.05, 3.63) is 83.7 Å². The molecule has 3 aromatic rings. The fourth-order valence-corrected chi connectivity index (χ4v) is 2.95. The molecule has 25 heavy (non-hydrogen) atoms. The second kappa shape index (κ2) is 6.99. The lowest BCUT2D eigenvalue weighted by atomic mass is 10.1. The highest BCUT2D eigenvalue weighted by Gasteiger charge is 2.13. The number of aromatic nitrogens is 3. The average Bonchev–Trinajstić information content (AvgIpc) is 2.69. The van der Waals surface area contributed by atoms with Crippen LogP contribution < -0.4 is 0 Å². The van der Waals surface area contributed by atoms with Gasteiger partial charge in [0.1, 0.15) is 0 Å². The Bertz CT molecular complexity index is 962. The van der Waals surface area contributed by atoms with E-state index in [0.29, 0.717) is 22.5 Å². The maximum absolute atomic E-state index is 6.15. The SMILES string of the molecule is Clc1cccc(-c2nc(C3=CCCC=C3)nc(-c3ccccc3)n2)c1. The van der Waals surface area contributed by atoms with Gasteiger partial charge in [0.25, 0.3) is 0 Å². The highest BCUT2D eigenvalue weighted by Crippen LogP contribution is 2.26. The number of halogens is 1. The van der Waals surface area contributed by atoms with E-state index in [0.717, 1.165) is 29.5 Å². The lowest BCUT2D eigenvalue weighted by Gasteiger charge is -2.10. The molecule has 1 aliphatic rings. The van der Waals surface area contributed by atoms with Crippen LogP contribution in [0.1, 0.15) is 18.7 Å². The van der Waals surface area contributed by atoms with E-state index in [1.165, 1.54) is 0 Å². The highest BCUT2D eigenvalue weighted by atomic mass is 35.5. The monoisotopic (exact) mass is 345 g/mol. The molecule has 1 aliphatic carbocycles. The van der Waals surface area contributed by atoms with Gasteiger partial charge in [0.2, 0.25) is 0 Å². The fourth-order valence-electron chi connectivity index (χ4n) is 2.76. The van der Waals surface area contributed by atoms with Crippen LogP contribution in [0, 0.1) is 0 Å². The quantitative estimate of drug-likeness (QED) is 0.620. The number of hydrogen-bond donors (Lipinski definition) is 0. The summed E-state index contributed by atoms with van der Waals surface area (Å²) in [6.45, 7) is 0. The van der Waals surface area contributed by atoms with Crippen LogP contribution in [-0.4, -0.2) is 15.0 Å². The minimum absolute atomic E-state index is 0.631. The fraction of sp³-hybridized carbons (Fsp3) is 0.0952. The third kappa shape index (κ3) is 3.52. The topological polar surface area (TPSA) is 38.7 Å². The summed E-state index contributed by atoms with van der Waals surface area (Å²) in [6, 6.07) is 17.6. The molecule has 0 radical (unpaired) electrons. The second-order valence-electron chi connectivity index (χ2n) is 5.82. The van der Waals surface area contributed by atoms with Gasteiger partial charge < -0.3 is 0 Å². The summed E-state index contributed by atoms with van der Waals surface area (Å²) in [7, 11) is 0. The molecule has 0 atom stereocenters. The first-order chi connectivity index (χ1) is 12.3. The summed E-state index contributed by atoms with van der Waals surface area (Å²) in [5, 5.41) is 0.664. The van der Waals surface area contributed by atoms with Gasteiger partial charge in [-0.1, -0.05) is 72.3 Å². The van der Waals surface area contributed by atoms with Crippen molar-refractivity contribution in [2.24, 2.45) is 0 Å². The Kier molecular flexibility index (Phi) is 4.40. The lowest BCUT2D eigenvalue weighted by molar-refractivity contribution is 1.01. The summed E-state index contributed by atoms with van der Waals surface area (Å²) in [4.78, 5) is 14.1. The molecule has 0 aliphatic heterocycles. The molecule has 2 aromatic carbocycles. The van der Waals surface area contributed by atoms with Crippen LogP contribution in [0.4, 0.5) is 0 Å². The first kappa shape index (κ1) is 15.7. The molecule has 1 heterocycles. The van der Waals surface area contributed by atoms with Gasteiger partial charge in [0, 0.05) is 21.7 Å². The van der Waals surface area contributed by atoms with Crippen LogP contribution in [0.25, 0.3) is 28.3 Å². The van der Waals surface area contributed by atoms with E-state index >= 15 is 0 Å². The van der Waals surface area contributed by atoms with E-state index in [4.69, 9.17) is 21.6 Å². The van der Waals surface area contributed by atoms with Gasteiger partial charge in [0.05, 0.1) is 0 Å². The lowest BCUT2D eigenvalue weighted by Crippen LogP contribution is -2.03. The zero-order valence-electron chi connectivity index (χ0n) is 13.6. The highest BCUT2D eigenvalue weighted by molar-refractivity contribution is 6.30. The van der Waals surface area contributed by atoms with E-state index in [1.807, 2.05) is 54.6 Å². The van der Waals surface area contributed by atoms with Gasteiger partial charge in [-0.15, -0.1) is 0 Å². The van der Waals surface area contributed by atoms with Crippen molar-refractivity contribution in [2.75, 3.05) is 0 Å². The Morgan fingerprint density at radius 1 is 0.720 bits per heavy atom. The van der Waals surface area contributed by atoms with Crippen molar-refractivity contribution < 1.29 is 0 Å². The summed E-state index contributed by atoms with van der Waals surface area (Å²) < 4.78 is 0. The Balaban J connectivity index is 1.89. The van der Waals surface area contributed by atoms with Gasteiger partial charge in [-0.05, 0) is 25.0 Å². The second-order valence-corrected chi connectivity index (χ2v) is 6.26. The van der Waals surface area contributed by atoms with Gasteiger partial charge in [-0.25, -0.2) is 15.0 Å². The van der Waals surface area contributed by atoms with Crippen LogP contribution in [0.15, 0.2) is 72.8 Å². The molecule has 4 heteroatoms. The molecule has 0 N–H and O–H groups in total. The van der Waals surface area contributed by atoms with Crippen molar-refractivity contribution in [3.63, 3.8) is 0 Å². The predicted molar refractivity (Wildman–Crippen MR) is 102 cm³/mol. The van der Waals surface area contributed by atoms with Crippen LogP contribution in [0.5, 0.6) is 0 Å². The molecular weight excluding hydrogens is 330 g/mol. The van der Waals surface area contributed by atoms with Gasteiger partial charge in [-0.2, -0.15) is 0 Å². The molecule has 0 amide bonds. The Morgan fingerprint density at radius 2 is 1.44 bits per heavy atom. The maximum atomic E-state index is 6.15. The maximum Gasteiger partial charge on any atom is 0.164 e. The third-order valence-corrected chi connectivity index (χ3v) is 4.24. The molecular formula is C21H16ClN3. The standard InChI is InChI=1S/C21H16ClN3/c22-18-13-7-12-17(14-18)21-24-19(15-8-3-1-4-9-15)23-20(25-21)16-10-5-2-6-11-16/h1,3-5,7-14H,2,6H2. The Morgan fingerprint density at radius 3 is 2.16 bits per heavy atom. The van der Waals surface area contributed by atoms with E-state index in [2.05, 4.69) is 23.2 Å². The minimum atomic E-state index is 0.631. The molecule has 122 valence electrons. The van der Waals surface area contributed by atoms with Crippen LogP contribution >= 0.6 is 11.6 Å². The van der Waals surface area contributed by atoms with Gasteiger partial charge in [-0.3, -0.25) is 0 Å². The van der Waals surface area contributed by atoms with Crippen molar-refractivity contribution in [2.45, 2.75) is 12.8 Å². The third-order valence-electron chi connectivity index (χ3n) is 4.00. The molecule has 3 nitrogen and oxygen atoms in total. The van der Waals surface area contributed by atoms with E-state index in [-0.39, 0.29) is 0 Å². The Labute approximate surface area is 151 Å².